The predicted octanol–water partition coefficient (Wildman–Crippen LogP) is 5.45. The molecule has 2 aromatic carbocycles. The number of rotatable bonds is 5. The lowest BCUT2D eigenvalue weighted by Gasteiger charge is -2.16. The maximum atomic E-state index is 5.96. The molecule has 1 heterocycles. The van der Waals surface area contributed by atoms with Crippen LogP contribution in [0.3, 0.4) is 0 Å². The summed E-state index contributed by atoms with van der Waals surface area (Å²) < 4.78 is 0.868. The molecule has 1 unspecified atom stereocenters. The first-order valence-corrected chi connectivity index (χ1v) is 8.39. The van der Waals surface area contributed by atoms with Crippen molar-refractivity contribution in [3.63, 3.8) is 0 Å². The second-order valence-electron chi connectivity index (χ2n) is 5.20. The van der Waals surface area contributed by atoms with E-state index in [0.717, 1.165) is 17.3 Å². The van der Waals surface area contributed by atoms with Gasteiger partial charge in [-0.25, -0.2) is 0 Å². The van der Waals surface area contributed by atoms with E-state index in [1.165, 1.54) is 21.2 Å². The maximum absolute atomic E-state index is 5.96. The lowest BCUT2D eigenvalue weighted by molar-refractivity contribution is 0.582. The van der Waals surface area contributed by atoms with Gasteiger partial charge in [0.2, 0.25) is 0 Å². The molecule has 1 aromatic heterocycles. The average Bonchev–Trinajstić information content (AvgIpc) is 2.92. The summed E-state index contributed by atoms with van der Waals surface area (Å²) in [6.07, 6.45) is 1.02. The molecule has 1 atom stereocenters. The van der Waals surface area contributed by atoms with Crippen LogP contribution in [0.1, 0.15) is 23.4 Å². The number of hydrogen-bond acceptors (Lipinski definition) is 2. The van der Waals surface area contributed by atoms with E-state index in [1.807, 2.05) is 6.07 Å². The molecule has 1 N–H and O–H groups in total. The van der Waals surface area contributed by atoms with Gasteiger partial charge in [-0.1, -0.05) is 54.1 Å². The Morgan fingerprint density at radius 2 is 1.86 bits per heavy atom. The van der Waals surface area contributed by atoms with E-state index in [-0.39, 0.29) is 0 Å². The van der Waals surface area contributed by atoms with Crippen LogP contribution in [0.4, 0.5) is 0 Å². The van der Waals surface area contributed by atoms with Gasteiger partial charge in [-0.2, -0.15) is 0 Å². The first-order valence-electron chi connectivity index (χ1n) is 7.19. The quantitative estimate of drug-likeness (QED) is 0.660. The van der Waals surface area contributed by atoms with Crippen LogP contribution in [0.25, 0.3) is 10.8 Å². The molecule has 21 heavy (non-hydrogen) atoms. The number of benzene rings is 2. The highest BCUT2D eigenvalue weighted by atomic mass is 35.5. The van der Waals surface area contributed by atoms with Gasteiger partial charge in [0.05, 0.1) is 4.34 Å². The summed E-state index contributed by atoms with van der Waals surface area (Å²) in [6.45, 7) is 3.18. The molecule has 1 nitrogen and oxygen atoms in total. The summed E-state index contributed by atoms with van der Waals surface area (Å²) in [5.41, 5.74) is 1.36. The van der Waals surface area contributed by atoms with Crippen molar-refractivity contribution in [3.8, 4) is 0 Å². The molecule has 0 saturated heterocycles. The van der Waals surface area contributed by atoms with Gasteiger partial charge < -0.3 is 5.32 Å². The standard InChI is InChI=1S/C18H18ClNS/c1-13(20-12-11-15-9-10-18(19)21-15)16-8-4-6-14-5-2-3-7-17(14)16/h2-10,13,20H,11-12H2,1H3. The van der Waals surface area contributed by atoms with Crippen LogP contribution in [0, 0.1) is 0 Å². The fraction of sp³-hybridized carbons (Fsp3) is 0.222. The monoisotopic (exact) mass is 315 g/mol. The second-order valence-corrected chi connectivity index (χ2v) is 7.00. The van der Waals surface area contributed by atoms with Gasteiger partial charge in [0.15, 0.2) is 0 Å². The zero-order valence-corrected chi connectivity index (χ0v) is 13.5. The Balaban J connectivity index is 1.68. The molecule has 0 spiro atoms. The SMILES string of the molecule is CC(NCCc1ccc(Cl)s1)c1cccc2ccccc12. The van der Waals surface area contributed by atoms with E-state index in [2.05, 4.69) is 60.8 Å². The lowest BCUT2D eigenvalue weighted by Crippen LogP contribution is -2.21. The number of halogens is 1. The molecule has 0 aliphatic rings. The van der Waals surface area contributed by atoms with E-state index in [9.17, 15) is 0 Å². The zero-order chi connectivity index (χ0) is 14.7. The summed E-state index contributed by atoms with van der Waals surface area (Å²) in [5.74, 6) is 0. The smallest absolute Gasteiger partial charge is 0.0931 e. The summed E-state index contributed by atoms with van der Waals surface area (Å²) in [6, 6.07) is 19.5. The van der Waals surface area contributed by atoms with Crippen molar-refractivity contribution in [1.29, 1.82) is 0 Å². The van der Waals surface area contributed by atoms with Gasteiger partial charge in [-0.05, 0) is 41.8 Å². The molecular weight excluding hydrogens is 298 g/mol. The molecule has 0 aliphatic heterocycles. The molecule has 0 saturated carbocycles. The number of thiophene rings is 1. The largest absolute Gasteiger partial charge is 0.310 e. The average molecular weight is 316 g/mol. The van der Waals surface area contributed by atoms with E-state index in [0.29, 0.717) is 6.04 Å². The fourth-order valence-electron chi connectivity index (χ4n) is 2.64. The molecule has 0 bridgehead atoms. The molecular formula is C18H18ClNS. The maximum Gasteiger partial charge on any atom is 0.0931 e. The van der Waals surface area contributed by atoms with Crippen LogP contribution in [0.15, 0.2) is 54.6 Å². The minimum absolute atomic E-state index is 0.339. The van der Waals surface area contributed by atoms with Crippen LogP contribution < -0.4 is 5.32 Å². The fourth-order valence-corrected chi connectivity index (χ4v) is 3.72. The van der Waals surface area contributed by atoms with Gasteiger partial charge in [-0.3, -0.25) is 0 Å². The lowest BCUT2D eigenvalue weighted by atomic mass is 10.00. The minimum atomic E-state index is 0.339. The highest BCUT2D eigenvalue weighted by Crippen LogP contribution is 2.24. The minimum Gasteiger partial charge on any atom is -0.310 e. The van der Waals surface area contributed by atoms with Crippen LogP contribution in [-0.2, 0) is 6.42 Å². The van der Waals surface area contributed by atoms with Gasteiger partial charge in [0.1, 0.15) is 0 Å². The van der Waals surface area contributed by atoms with E-state index >= 15 is 0 Å². The first kappa shape index (κ1) is 14.6. The van der Waals surface area contributed by atoms with Crippen molar-refractivity contribution in [2.24, 2.45) is 0 Å². The van der Waals surface area contributed by atoms with Crippen LogP contribution >= 0.6 is 22.9 Å². The Labute approximate surface area is 134 Å². The van der Waals surface area contributed by atoms with E-state index < -0.39 is 0 Å². The summed E-state index contributed by atoms with van der Waals surface area (Å²) >= 11 is 7.62. The second kappa shape index (κ2) is 6.61. The molecule has 108 valence electrons. The number of nitrogens with one attached hydrogen (secondary N) is 1. The van der Waals surface area contributed by atoms with Crippen molar-refractivity contribution in [1.82, 2.24) is 5.32 Å². The highest BCUT2D eigenvalue weighted by Gasteiger charge is 2.08. The first-order chi connectivity index (χ1) is 10.2. The van der Waals surface area contributed by atoms with Gasteiger partial charge in [0.25, 0.3) is 0 Å². The molecule has 3 rings (SSSR count). The van der Waals surface area contributed by atoms with Gasteiger partial charge in [0, 0.05) is 17.5 Å². The number of fused-ring (bicyclic) bond motifs is 1. The van der Waals surface area contributed by atoms with Crippen molar-refractivity contribution in [2.75, 3.05) is 6.54 Å². The van der Waals surface area contributed by atoms with Crippen molar-refractivity contribution in [3.05, 3.63) is 69.4 Å². The third-order valence-corrected chi connectivity index (χ3v) is 5.03. The van der Waals surface area contributed by atoms with Gasteiger partial charge in [-0.15, -0.1) is 11.3 Å². The molecule has 0 amide bonds. The third kappa shape index (κ3) is 3.46. The van der Waals surface area contributed by atoms with Gasteiger partial charge >= 0.3 is 0 Å². The third-order valence-electron chi connectivity index (χ3n) is 3.74. The number of hydrogen-bond donors (Lipinski definition) is 1. The van der Waals surface area contributed by atoms with Crippen molar-refractivity contribution < 1.29 is 0 Å². The predicted molar refractivity (Wildman–Crippen MR) is 93.4 cm³/mol. The van der Waals surface area contributed by atoms with Crippen molar-refractivity contribution in [2.45, 2.75) is 19.4 Å². The Kier molecular flexibility index (Phi) is 4.59. The molecule has 0 radical (unpaired) electrons. The summed E-state index contributed by atoms with van der Waals surface area (Å²) in [4.78, 5) is 1.33. The topological polar surface area (TPSA) is 12.0 Å². The van der Waals surface area contributed by atoms with Crippen LogP contribution in [0.5, 0.6) is 0 Å². The molecule has 3 heteroatoms. The van der Waals surface area contributed by atoms with Crippen molar-refractivity contribution >= 4 is 33.7 Å². The normalized spacial score (nSPS) is 12.7. The Morgan fingerprint density at radius 3 is 2.67 bits per heavy atom. The van der Waals surface area contributed by atoms with E-state index in [4.69, 9.17) is 11.6 Å². The van der Waals surface area contributed by atoms with Crippen LogP contribution in [0.2, 0.25) is 4.34 Å². The highest BCUT2D eigenvalue weighted by molar-refractivity contribution is 7.16. The Morgan fingerprint density at radius 1 is 1.05 bits per heavy atom. The Hall–Kier alpha value is -1.35. The zero-order valence-electron chi connectivity index (χ0n) is 12.0. The summed E-state index contributed by atoms with van der Waals surface area (Å²) in [7, 11) is 0. The molecule has 0 aliphatic carbocycles. The molecule has 0 fully saturated rings. The van der Waals surface area contributed by atoms with Crippen LogP contribution in [-0.4, -0.2) is 6.54 Å². The Bertz CT molecular complexity index is 729. The summed E-state index contributed by atoms with van der Waals surface area (Å²) in [5, 5.41) is 6.24. The molecule has 3 aromatic rings. The van der Waals surface area contributed by atoms with E-state index in [1.54, 1.807) is 11.3 Å².